The summed E-state index contributed by atoms with van der Waals surface area (Å²) in [5.74, 6) is 0.220. The van der Waals surface area contributed by atoms with Crippen LogP contribution in [0.4, 0.5) is 10.5 Å². The number of nitrogens with zero attached hydrogens (tertiary/aromatic N) is 6. The molecule has 1 N–H and O–H groups in total. The van der Waals surface area contributed by atoms with Crippen LogP contribution in [0.15, 0.2) is 42.9 Å². The van der Waals surface area contributed by atoms with Gasteiger partial charge in [0, 0.05) is 56.3 Å². The van der Waals surface area contributed by atoms with Crippen LogP contribution in [0.1, 0.15) is 51.7 Å². The van der Waals surface area contributed by atoms with Gasteiger partial charge in [0.1, 0.15) is 18.7 Å². The van der Waals surface area contributed by atoms with Gasteiger partial charge in [0.05, 0.1) is 17.4 Å². The summed E-state index contributed by atoms with van der Waals surface area (Å²) in [4.78, 5) is 18.8. The second-order valence-electron chi connectivity index (χ2n) is 14.3. The smallest absolute Gasteiger partial charge is 0.407 e. The van der Waals surface area contributed by atoms with E-state index in [1.807, 2.05) is 36.2 Å². The molecule has 4 heterocycles. The number of aromatic nitrogens is 5. The molecule has 3 aromatic heterocycles. The number of amides is 1. The number of fused-ring (bicyclic) bond motifs is 1. The zero-order chi connectivity index (χ0) is 31.8. The van der Waals surface area contributed by atoms with Gasteiger partial charge in [-0.25, -0.2) is 19.0 Å². The first-order chi connectivity index (χ1) is 20.7. The first-order valence-corrected chi connectivity index (χ1v) is 19.2. The molecule has 1 fully saturated rings. The van der Waals surface area contributed by atoms with Crippen molar-refractivity contribution in [2.75, 3.05) is 24.6 Å². The first kappa shape index (κ1) is 31.7. The highest BCUT2D eigenvalue weighted by atomic mass is 28.3. The van der Waals surface area contributed by atoms with Crippen LogP contribution in [-0.4, -0.2) is 69.9 Å². The molecule has 0 bridgehead atoms. The Morgan fingerprint density at radius 2 is 1.82 bits per heavy atom. The molecule has 0 unspecified atom stereocenters. The van der Waals surface area contributed by atoms with E-state index in [9.17, 15) is 4.79 Å². The second kappa shape index (κ2) is 12.4. The lowest BCUT2D eigenvalue weighted by molar-refractivity contribution is 0.0496. The number of carbonyl (C=O) groups excluding carboxylic acids is 1. The molecular formula is C33H47N7O3Si. The lowest BCUT2D eigenvalue weighted by Gasteiger charge is -2.41. The van der Waals surface area contributed by atoms with Crippen molar-refractivity contribution in [3.8, 4) is 22.5 Å². The highest BCUT2D eigenvalue weighted by Crippen LogP contribution is 2.38. The molecule has 1 aromatic carbocycles. The fourth-order valence-corrected chi connectivity index (χ4v) is 6.23. The SMILES string of the molecule is Cc1cc(-c2c(C(C)C)c(-c3ccc(N4CC(NC(=O)OC(C)(C)C)C4)cc3)nn2COCC[Si](C)(C)C)cn2ncnc12. The molecule has 236 valence electrons. The Bertz CT molecular complexity index is 1610. The Labute approximate surface area is 261 Å². The van der Waals surface area contributed by atoms with Crippen molar-refractivity contribution in [1.29, 1.82) is 0 Å². The summed E-state index contributed by atoms with van der Waals surface area (Å²) < 4.78 is 15.5. The predicted molar refractivity (Wildman–Crippen MR) is 178 cm³/mol. The number of hydrogen-bond donors (Lipinski definition) is 1. The van der Waals surface area contributed by atoms with Crippen molar-refractivity contribution >= 4 is 25.5 Å². The fourth-order valence-electron chi connectivity index (χ4n) is 5.47. The number of ether oxygens (including phenoxy) is 2. The Morgan fingerprint density at radius 3 is 2.45 bits per heavy atom. The summed E-state index contributed by atoms with van der Waals surface area (Å²) in [6.45, 7) is 21.8. The standard InChI is InChI=1S/C33H47N7O3Si/c1-22(2)28-29(24-10-12-27(13-11-24)38-18-26(19-38)36-32(41)43-33(4,5)6)37-40(21-42-14-15-44(7,8)9)30(28)25-16-23(3)31-34-20-35-39(31)17-25/h10-13,16-17,20,22,26H,14-15,18-19,21H2,1-9H3,(H,36,41). The maximum absolute atomic E-state index is 12.1. The third-order valence-electron chi connectivity index (χ3n) is 7.72. The maximum atomic E-state index is 12.1. The number of nitrogens with one attached hydrogen (secondary N) is 1. The monoisotopic (exact) mass is 617 g/mol. The molecule has 0 radical (unpaired) electrons. The molecule has 10 nitrogen and oxygen atoms in total. The fraction of sp³-hybridized carbons (Fsp3) is 0.515. The van der Waals surface area contributed by atoms with E-state index >= 15 is 0 Å². The van der Waals surface area contributed by atoms with Crippen molar-refractivity contribution in [3.63, 3.8) is 0 Å². The van der Waals surface area contributed by atoms with Gasteiger partial charge in [-0.2, -0.15) is 10.2 Å². The molecule has 0 saturated carbocycles. The normalized spacial score (nSPS) is 14.4. The molecule has 44 heavy (non-hydrogen) atoms. The number of alkyl carbamates (subject to hydrolysis) is 1. The van der Waals surface area contributed by atoms with Crippen LogP contribution in [0.25, 0.3) is 28.2 Å². The van der Waals surface area contributed by atoms with E-state index in [0.717, 1.165) is 65.2 Å². The van der Waals surface area contributed by atoms with Crippen molar-refractivity contribution in [2.45, 2.75) is 91.5 Å². The number of rotatable bonds is 10. The van der Waals surface area contributed by atoms with Crippen molar-refractivity contribution in [1.82, 2.24) is 29.7 Å². The highest BCUT2D eigenvalue weighted by molar-refractivity contribution is 6.76. The summed E-state index contributed by atoms with van der Waals surface area (Å²) in [5, 5.41) is 12.6. The maximum Gasteiger partial charge on any atom is 0.407 e. The molecule has 4 aromatic rings. The third-order valence-corrected chi connectivity index (χ3v) is 9.42. The number of pyridine rings is 1. The quantitative estimate of drug-likeness (QED) is 0.156. The third kappa shape index (κ3) is 7.32. The van der Waals surface area contributed by atoms with Gasteiger partial charge < -0.3 is 19.7 Å². The molecular weight excluding hydrogens is 570 g/mol. The molecule has 11 heteroatoms. The van der Waals surface area contributed by atoms with E-state index in [4.69, 9.17) is 14.6 Å². The van der Waals surface area contributed by atoms with Gasteiger partial charge in [-0.05, 0) is 63.4 Å². The molecule has 0 aliphatic carbocycles. The Hall–Kier alpha value is -3.70. The molecule has 0 spiro atoms. The van der Waals surface area contributed by atoms with E-state index in [0.29, 0.717) is 6.73 Å². The van der Waals surface area contributed by atoms with Crippen LogP contribution in [0.3, 0.4) is 0 Å². The molecule has 5 rings (SSSR count). The Balaban J connectivity index is 1.41. The van der Waals surface area contributed by atoms with Gasteiger partial charge in [0.25, 0.3) is 0 Å². The van der Waals surface area contributed by atoms with E-state index in [1.54, 1.807) is 6.33 Å². The second-order valence-corrected chi connectivity index (χ2v) is 20.0. The molecule has 1 aliphatic rings. The van der Waals surface area contributed by atoms with Crippen LogP contribution in [0, 0.1) is 6.92 Å². The Morgan fingerprint density at radius 1 is 1.11 bits per heavy atom. The van der Waals surface area contributed by atoms with Crippen LogP contribution in [-0.2, 0) is 16.2 Å². The van der Waals surface area contributed by atoms with Crippen LogP contribution >= 0.6 is 0 Å². The first-order valence-electron chi connectivity index (χ1n) is 15.5. The predicted octanol–water partition coefficient (Wildman–Crippen LogP) is 6.72. The van der Waals surface area contributed by atoms with Gasteiger partial charge in [-0.15, -0.1) is 0 Å². The van der Waals surface area contributed by atoms with E-state index < -0.39 is 13.7 Å². The lowest BCUT2D eigenvalue weighted by atomic mass is 9.93. The minimum absolute atomic E-state index is 0.0714. The average Bonchev–Trinajstić information content (AvgIpc) is 3.52. The van der Waals surface area contributed by atoms with Crippen LogP contribution in [0.2, 0.25) is 25.7 Å². The topological polar surface area (TPSA) is 98.8 Å². The summed E-state index contributed by atoms with van der Waals surface area (Å²) in [5.41, 5.74) is 7.79. The van der Waals surface area contributed by atoms with E-state index in [2.05, 4.69) is 91.0 Å². The van der Waals surface area contributed by atoms with Gasteiger partial charge in [-0.3, -0.25) is 0 Å². The number of carbonyl (C=O) groups is 1. The number of anilines is 1. The average molecular weight is 618 g/mol. The minimum Gasteiger partial charge on any atom is -0.444 e. The van der Waals surface area contributed by atoms with Crippen LogP contribution < -0.4 is 10.2 Å². The van der Waals surface area contributed by atoms with E-state index in [-0.39, 0.29) is 18.1 Å². The summed E-state index contributed by atoms with van der Waals surface area (Å²) in [6.07, 6.45) is 3.26. The summed E-state index contributed by atoms with van der Waals surface area (Å²) >= 11 is 0. The summed E-state index contributed by atoms with van der Waals surface area (Å²) in [6, 6.07) is 11.9. The van der Waals surface area contributed by atoms with Gasteiger partial charge in [0.15, 0.2) is 5.65 Å². The van der Waals surface area contributed by atoms with Crippen molar-refractivity contribution in [2.24, 2.45) is 0 Å². The van der Waals surface area contributed by atoms with Crippen LogP contribution in [0.5, 0.6) is 0 Å². The number of benzene rings is 1. The lowest BCUT2D eigenvalue weighted by Crippen LogP contribution is -2.60. The van der Waals surface area contributed by atoms with Gasteiger partial charge in [-0.1, -0.05) is 45.6 Å². The van der Waals surface area contributed by atoms with Gasteiger partial charge in [0.2, 0.25) is 0 Å². The summed E-state index contributed by atoms with van der Waals surface area (Å²) in [7, 11) is -1.22. The van der Waals surface area contributed by atoms with Gasteiger partial charge >= 0.3 is 6.09 Å². The molecule has 0 atom stereocenters. The minimum atomic E-state index is -1.22. The highest BCUT2D eigenvalue weighted by Gasteiger charge is 2.30. The van der Waals surface area contributed by atoms with Crippen molar-refractivity contribution < 1.29 is 14.3 Å². The Kier molecular flexibility index (Phi) is 8.91. The number of aryl methyl sites for hydroxylation is 1. The molecule has 1 aliphatic heterocycles. The van der Waals surface area contributed by atoms with Crippen molar-refractivity contribution in [3.05, 3.63) is 54.0 Å². The molecule has 1 amide bonds. The largest absolute Gasteiger partial charge is 0.444 e. The zero-order valence-corrected chi connectivity index (χ0v) is 28.6. The molecule has 1 saturated heterocycles. The van der Waals surface area contributed by atoms with E-state index in [1.165, 1.54) is 5.56 Å². The zero-order valence-electron chi connectivity index (χ0n) is 27.6. The number of hydrogen-bond acceptors (Lipinski definition) is 7.